The Balaban J connectivity index is 2.17. The van der Waals surface area contributed by atoms with Crippen LogP contribution in [0.2, 0.25) is 0 Å². The fourth-order valence-electron chi connectivity index (χ4n) is 2.11. The second kappa shape index (κ2) is 5.11. The summed E-state index contributed by atoms with van der Waals surface area (Å²) in [5, 5.41) is 9.86. The Morgan fingerprint density at radius 2 is 2.31 bits per heavy atom. The molecule has 1 atom stereocenters. The van der Waals surface area contributed by atoms with Crippen LogP contribution in [0.4, 0.5) is 5.69 Å². The van der Waals surface area contributed by atoms with Gasteiger partial charge >= 0.3 is 0 Å². The number of hydrogen-bond acceptors (Lipinski definition) is 3. The molecule has 1 aromatic rings. The van der Waals surface area contributed by atoms with Gasteiger partial charge in [0.1, 0.15) is 0 Å². The Morgan fingerprint density at radius 3 is 2.94 bits per heavy atom. The van der Waals surface area contributed by atoms with Crippen LogP contribution in [0.1, 0.15) is 18.1 Å². The van der Waals surface area contributed by atoms with E-state index >= 15 is 0 Å². The standard InChI is InChI=1S/C13H19NOS/c1-10-7-13(4-3-12(10)9-15)14-5-6-16-11(2)8-14/h3-4,7,11,15H,5-6,8-9H2,1-2H3. The van der Waals surface area contributed by atoms with Crippen molar-refractivity contribution >= 4 is 17.4 Å². The van der Waals surface area contributed by atoms with Crippen LogP contribution >= 0.6 is 11.8 Å². The predicted octanol–water partition coefficient (Wildman–Crippen LogP) is 2.43. The molecule has 1 aliphatic rings. The molecule has 88 valence electrons. The topological polar surface area (TPSA) is 23.5 Å². The van der Waals surface area contributed by atoms with Gasteiger partial charge in [0.25, 0.3) is 0 Å². The molecule has 2 rings (SSSR count). The fourth-order valence-corrected chi connectivity index (χ4v) is 3.12. The molecule has 1 N–H and O–H groups in total. The summed E-state index contributed by atoms with van der Waals surface area (Å²) < 4.78 is 0. The molecule has 0 saturated carbocycles. The highest BCUT2D eigenvalue weighted by Crippen LogP contribution is 2.25. The third-order valence-electron chi connectivity index (χ3n) is 3.10. The van der Waals surface area contributed by atoms with Crippen LogP contribution in [-0.2, 0) is 6.61 Å². The molecule has 0 bridgehead atoms. The number of aliphatic hydroxyl groups excluding tert-OH is 1. The highest BCUT2D eigenvalue weighted by atomic mass is 32.2. The molecule has 1 aliphatic heterocycles. The van der Waals surface area contributed by atoms with Gasteiger partial charge < -0.3 is 10.0 Å². The summed E-state index contributed by atoms with van der Waals surface area (Å²) in [6.45, 7) is 6.75. The Morgan fingerprint density at radius 1 is 1.50 bits per heavy atom. The number of thioether (sulfide) groups is 1. The highest BCUT2D eigenvalue weighted by Gasteiger charge is 2.17. The summed E-state index contributed by atoms with van der Waals surface area (Å²) in [7, 11) is 0. The smallest absolute Gasteiger partial charge is 0.0684 e. The quantitative estimate of drug-likeness (QED) is 0.854. The molecule has 0 aliphatic carbocycles. The molecule has 1 aromatic carbocycles. The molecule has 0 aromatic heterocycles. The Kier molecular flexibility index (Phi) is 3.77. The van der Waals surface area contributed by atoms with Crippen molar-refractivity contribution in [3.63, 3.8) is 0 Å². The van der Waals surface area contributed by atoms with Crippen molar-refractivity contribution in [2.75, 3.05) is 23.7 Å². The van der Waals surface area contributed by atoms with Gasteiger partial charge in [-0.15, -0.1) is 0 Å². The molecule has 1 unspecified atom stereocenters. The zero-order chi connectivity index (χ0) is 11.5. The second-order valence-electron chi connectivity index (χ2n) is 4.40. The van der Waals surface area contributed by atoms with Crippen molar-refractivity contribution in [1.29, 1.82) is 0 Å². The van der Waals surface area contributed by atoms with E-state index in [0.717, 1.165) is 18.7 Å². The minimum Gasteiger partial charge on any atom is -0.392 e. The van der Waals surface area contributed by atoms with E-state index in [2.05, 4.69) is 30.9 Å². The molecular weight excluding hydrogens is 218 g/mol. The van der Waals surface area contributed by atoms with Crippen LogP contribution in [0.25, 0.3) is 0 Å². The molecule has 2 nitrogen and oxygen atoms in total. The fraction of sp³-hybridized carbons (Fsp3) is 0.538. The van der Waals surface area contributed by atoms with Crippen molar-refractivity contribution in [2.24, 2.45) is 0 Å². The van der Waals surface area contributed by atoms with Gasteiger partial charge in [0, 0.05) is 29.8 Å². The lowest BCUT2D eigenvalue weighted by molar-refractivity contribution is 0.281. The average Bonchev–Trinajstić information content (AvgIpc) is 2.29. The Hall–Kier alpha value is -0.670. The number of aliphatic hydroxyl groups is 1. The number of hydrogen-bond donors (Lipinski definition) is 1. The zero-order valence-corrected chi connectivity index (χ0v) is 10.8. The summed E-state index contributed by atoms with van der Waals surface area (Å²) in [5.41, 5.74) is 3.51. The third kappa shape index (κ3) is 2.53. The van der Waals surface area contributed by atoms with Gasteiger partial charge in [-0.05, 0) is 30.2 Å². The van der Waals surface area contributed by atoms with Crippen molar-refractivity contribution in [3.05, 3.63) is 29.3 Å². The maximum atomic E-state index is 9.14. The Labute approximate surface area is 102 Å². The van der Waals surface area contributed by atoms with Crippen LogP contribution in [0.3, 0.4) is 0 Å². The van der Waals surface area contributed by atoms with Crippen molar-refractivity contribution in [1.82, 2.24) is 0 Å². The Bertz CT molecular complexity index is 367. The van der Waals surface area contributed by atoms with Crippen LogP contribution in [0.15, 0.2) is 18.2 Å². The van der Waals surface area contributed by atoms with Gasteiger partial charge in [0.15, 0.2) is 0 Å². The van der Waals surface area contributed by atoms with E-state index < -0.39 is 0 Å². The third-order valence-corrected chi connectivity index (χ3v) is 4.24. The molecule has 3 heteroatoms. The number of rotatable bonds is 2. The van der Waals surface area contributed by atoms with E-state index in [4.69, 9.17) is 5.11 Å². The SMILES string of the molecule is Cc1cc(N2CCSC(C)C2)ccc1CO. The van der Waals surface area contributed by atoms with Gasteiger partial charge in [-0.1, -0.05) is 13.0 Å². The second-order valence-corrected chi connectivity index (χ2v) is 5.94. The van der Waals surface area contributed by atoms with Gasteiger partial charge in [-0.2, -0.15) is 11.8 Å². The highest BCUT2D eigenvalue weighted by molar-refractivity contribution is 8.00. The van der Waals surface area contributed by atoms with Gasteiger partial charge in [0.2, 0.25) is 0 Å². The first kappa shape index (κ1) is 11.8. The van der Waals surface area contributed by atoms with E-state index in [1.807, 2.05) is 17.8 Å². The van der Waals surface area contributed by atoms with Gasteiger partial charge in [-0.25, -0.2) is 0 Å². The first-order valence-corrected chi connectivity index (χ1v) is 6.82. The maximum Gasteiger partial charge on any atom is 0.0684 e. The first-order valence-electron chi connectivity index (χ1n) is 5.77. The lowest BCUT2D eigenvalue weighted by atomic mass is 10.1. The van der Waals surface area contributed by atoms with Crippen molar-refractivity contribution < 1.29 is 5.11 Å². The molecule has 16 heavy (non-hydrogen) atoms. The molecular formula is C13H19NOS. The first-order chi connectivity index (χ1) is 7.70. The average molecular weight is 237 g/mol. The van der Waals surface area contributed by atoms with Crippen LogP contribution in [0.5, 0.6) is 0 Å². The largest absolute Gasteiger partial charge is 0.392 e. The van der Waals surface area contributed by atoms with E-state index in [9.17, 15) is 0 Å². The van der Waals surface area contributed by atoms with Crippen LogP contribution in [-0.4, -0.2) is 29.2 Å². The monoisotopic (exact) mass is 237 g/mol. The zero-order valence-electron chi connectivity index (χ0n) is 9.94. The van der Waals surface area contributed by atoms with E-state index in [-0.39, 0.29) is 6.61 Å². The lowest BCUT2D eigenvalue weighted by Gasteiger charge is -2.32. The molecule has 0 spiro atoms. The number of aryl methyl sites for hydroxylation is 1. The lowest BCUT2D eigenvalue weighted by Crippen LogP contribution is -2.36. The van der Waals surface area contributed by atoms with Gasteiger partial charge in [0.05, 0.1) is 6.61 Å². The summed E-state index contributed by atoms with van der Waals surface area (Å²) in [5.74, 6) is 1.21. The maximum absolute atomic E-state index is 9.14. The van der Waals surface area contributed by atoms with E-state index in [0.29, 0.717) is 5.25 Å². The molecule has 1 heterocycles. The van der Waals surface area contributed by atoms with Crippen LogP contribution < -0.4 is 4.90 Å². The number of benzene rings is 1. The minimum atomic E-state index is 0.137. The van der Waals surface area contributed by atoms with Crippen molar-refractivity contribution in [3.8, 4) is 0 Å². The molecule has 1 saturated heterocycles. The number of anilines is 1. The van der Waals surface area contributed by atoms with Crippen LogP contribution in [0, 0.1) is 6.92 Å². The van der Waals surface area contributed by atoms with E-state index in [1.165, 1.54) is 17.0 Å². The summed E-state index contributed by atoms with van der Waals surface area (Å²) in [4.78, 5) is 2.44. The van der Waals surface area contributed by atoms with Gasteiger partial charge in [-0.3, -0.25) is 0 Å². The van der Waals surface area contributed by atoms with E-state index in [1.54, 1.807) is 0 Å². The summed E-state index contributed by atoms with van der Waals surface area (Å²) in [6.07, 6.45) is 0. The summed E-state index contributed by atoms with van der Waals surface area (Å²) in [6, 6.07) is 6.35. The minimum absolute atomic E-state index is 0.137. The normalized spacial score (nSPS) is 21.2. The molecule has 0 radical (unpaired) electrons. The molecule has 1 fully saturated rings. The van der Waals surface area contributed by atoms with Crippen molar-refractivity contribution in [2.45, 2.75) is 25.7 Å². The predicted molar refractivity (Wildman–Crippen MR) is 71.2 cm³/mol. The number of nitrogens with zero attached hydrogens (tertiary/aromatic N) is 1. The molecule has 0 amide bonds. The summed E-state index contributed by atoms with van der Waals surface area (Å²) >= 11 is 2.05.